The molecule has 30 heavy (non-hydrogen) atoms. The number of benzene rings is 2. The van der Waals surface area contributed by atoms with Crippen LogP contribution in [0.3, 0.4) is 0 Å². The highest BCUT2D eigenvalue weighted by Gasteiger charge is 2.30. The van der Waals surface area contributed by atoms with E-state index in [1.54, 1.807) is 40.5 Å². The molecular formula is C22H20N4O3S. The van der Waals surface area contributed by atoms with Crippen molar-refractivity contribution < 1.29 is 4.79 Å². The fraction of sp³-hybridized carbons (Fsp3) is 0.273. The van der Waals surface area contributed by atoms with Crippen molar-refractivity contribution in [3.8, 4) is 0 Å². The molecular weight excluding hydrogens is 400 g/mol. The number of fused-ring (bicyclic) bond motifs is 2. The van der Waals surface area contributed by atoms with Crippen molar-refractivity contribution in [3.05, 3.63) is 74.2 Å². The number of amides is 1. The molecule has 1 N–H and O–H groups in total. The summed E-state index contributed by atoms with van der Waals surface area (Å²) < 4.78 is 2.22. The summed E-state index contributed by atoms with van der Waals surface area (Å²) in [5.41, 5.74) is 0.192. The number of nitrogens with one attached hydrogen (secondary N) is 1. The van der Waals surface area contributed by atoms with Gasteiger partial charge in [0.05, 0.1) is 27.0 Å². The first-order valence-corrected chi connectivity index (χ1v) is 10.8. The van der Waals surface area contributed by atoms with Gasteiger partial charge in [0.2, 0.25) is 5.91 Å². The lowest BCUT2D eigenvalue weighted by molar-refractivity contribution is -0.136. The van der Waals surface area contributed by atoms with Crippen molar-refractivity contribution in [2.75, 3.05) is 6.54 Å². The zero-order valence-corrected chi connectivity index (χ0v) is 17.0. The van der Waals surface area contributed by atoms with Crippen LogP contribution in [0, 0.1) is 0 Å². The predicted molar refractivity (Wildman–Crippen MR) is 117 cm³/mol. The Labute approximate surface area is 175 Å². The molecule has 7 nitrogen and oxygen atoms in total. The van der Waals surface area contributed by atoms with Gasteiger partial charge in [0, 0.05) is 6.54 Å². The molecule has 5 rings (SSSR count). The van der Waals surface area contributed by atoms with Crippen molar-refractivity contribution in [2.24, 2.45) is 0 Å². The predicted octanol–water partition coefficient (Wildman–Crippen LogP) is 3.05. The van der Waals surface area contributed by atoms with Crippen molar-refractivity contribution in [1.82, 2.24) is 19.7 Å². The maximum Gasteiger partial charge on any atom is 0.273 e. The second-order valence-electron chi connectivity index (χ2n) is 7.50. The zero-order chi connectivity index (χ0) is 20.7. The van der Waals surface area contributed by atoms with Crippen LogP contribution in [-0.4, -0.2) is 32.1 Å². The molecule has 2 aromatic carbocycles. The number of para-hydroxylation sites is 1. The highest BCUT2D eigenvalue weighted by molar-refractivity contribution is 7.18. The summed E-state index contributed by atoms with van der Waals surface area (Å²) in [5.74, 6) is -0.188. The Morgan fingerprint density at radius 3 is 2.67 bits per heavy atom. The molecule has 1 fully saturated rings. The first-order valence-electron chi connectivity index (χ1n) is 9.98. The Bertz CT molecular complexity index is 1340. The number of piperidine rings is 1. The van der Waals surface area contributed by atoms with Crippen LogP contribution < -0.4 is 11.1 Å². The van der Waals surface area contributed by atoms with Crippen LogP contribution in [0.2, 0.25) is 0 Å². The van der Waals surface area contributed by atoms with Gasteiger partial charge < -0.3 is 4.90 Å². The number of aromatic nitrogens is 3. The average molecular weight is 420 g/mol. The van der Waals surface area contributed by atoms with Gasteiger partial charge in [-0.15, -0.1) is 11.3 Å². The summed E-state index contributed by atoms with van der Waals surface area (Å²) in [7, 11) is 0. The van der Waals surface area contributed by atoms with Gasteiger partial charge in [0.1, 0.15) is 11.6 Å². The molecule has 8 heteroatoms. The van der Waals surface area contributed by atoms with Gasteiger partial charge in [-0.3, -0.25) is 19.5 Å². The van der Waals surface area contributed by atoms with Gasteiger partial charge in [-0.25, -0.2) is 9.67 Å². The van der Waals surface area contributed by atoms with E-state index >= 15 is 0 Å². The maximum atomic E-state index is 13.2. The number of carbonyl (C=O) groups excluding carboxylic acids is 1. The smallest absolute Gasteiger partial charge is 0.273 e. The summed E-state index contributed by atoms with van der Waals surface area (Å²) >= 11 is 1.61. The molecule has 1 saturated heterocycles. The second-order valence-corrected chi connectivity index (χ2v) is 8.56. The minimum atomic E-state index is -0.376. The lowest BCUT2D eigenvalue weighted by atomic mass is 10.0. The zero-order valence-electron chi connectivity index (χ0n) is 16.2. The molecule has 0 aliphatic carbocycles. The van der Waals surface area contributed by atoms with E-state index in [1.165, 1.54) is 0 Å². The first kappa shape index (κ1) is 18.7. The van der Waals surface area contributed by atoms with Crippen molar-refractivity contribution in [2.45, 2.75) is 31.8 Å². The van der Waals surface area contributed by atoms with Crippen LogP contribution in [-0.2, 0) is 11.3 Å². The molecule has 3 heterocycles. The normalized spacial score (nSPS) is 16.9. The van der Waals surface area contributed by atoms with E-state index in [-0.39, 0.29) is 29.6 Å². The Balaban J connectivity index is 1.47. The van der Waals surface area contributed by atoms with E-state index in [2.05, 4.69) is 5.10 Å². The van der Waals surface area contributed by atoms with Crippen LogP contribution in [0.1, 0.15) is 30.3 Å². The van der Waals surface area contributed by atoms with Crippen molar-refractivity contribution in [3.63, 3.8) is 0 Å². The van der Waals surface area contributed by atoms with Crippen LogP contribution >= 0.6 is 11.3 Å². The molecule has 1 aliphatic heterocycles. The van der Waals surface area contributed by atoms with E-state index in [4.69, 9.17) is 4.98 Å². The average Bonchev–Trinajstić information content (AvgIpc) is 3.21. The molecule has 1 atom stereocenters. The molecule has 0 saturated carbocycles. The molecule has 0 spiro atoms. The fourth-order valence-corrected chi connectivity index (χ4v) is 5.22. The number of thiazole rings is 1. The molecule has 2 aromatic heterocycles. The Morgan fingerprint density at radius 2 is 1.83 bits per heavy atom. The number of carbonyl (C=O) groups is 1. The van der Waals surface area contributed by atoms with Crippen LogP contribution in [0.5, 0.6) is 0 Å². The number of likely N-dealkylation sites (tertiary alicyclic amines) is 1. The number of hydrogen-bond donors (Lipinski definition) is 1. The number of aromatic amines is 1. The Kier molecular flexibility index (Phi) is 4.71. The van der Waals surface area contributed by atoms with Crippen molar-refractivity contribution in [1.29, 1.82) is 0 Å². The van der Waals surface area contributed by atoms with Gasteiger partial charge in [-0.05, 0) is 43.5 Å². The van der Waals surface area contributed by atoms with Gasteiger partial charge in [0.15, 0.2) is 0 Å². The van der Waals surface area contributed by atoms with Crippen LogP contribution in [0.4, 0.5) is 0 Å². The summed E-state index contributed by atoms with van der Waals surface area (Å²) in [4.78, 5) is 44.9. The van der Waals surface area contributed by atoms with Crippen LogP contribution in [0.25, 0.3) is 21.0 Å². The lowest BCUT2D eigenvalue weighted by Crippen LogP contribution is -2.43. The molecule has 152 valence electrons. The molecule has 4 aromatic rings. The Morgan fingerprint density at radius 1 is 1.07 bits per heavy atom. The van der Waals surface area contributed by atoms with Gasteiger partial charge in [0.25, 0.3) is 11.1 Å². The third-order valence-corrected chi connectivity index (χ3v) is 6.73. The van der Waals surface area contributed by atoms with Crippen LogP contribution in [0.15, 0.2) is 58.1 Å². The van der Waals surface area contributed by atoms with E-state index in [0.717, 1.165) is 39.2 Å². The number of H-pyrrole nitrogens is 1. The SMILES string of the molecule is O=C(Cn1[nH]c(=O)c2ccccc2c1=O)N1CCCC[C@H]1c1nc2ccccc2s1. The van der Waals surface area contributed by atoms with Gasteiger partial charge >= 0.3 is 0 Å². The first-order chi connectivity index (χ1) is 14.6. The molecule has 1 aliphatic rings. The number of nitrogens with zero attached hydrogens (tertiary/aromatic N) is 3. The summed E-state index contributed by atoms with van der Waals surface area (Å²) in [6.07, 6.45) is 2.78. The topological polar surface area (TPSA) is 88.1 Å². The molecule has 0 unspecified atom stereocenters. The summed E-state index contributed by atoms with van der Waals surface area (Å²) in [5, 5.41) is 4.12. The highest BCUT2D eigenvalue weighted by Crippen LogP contribution is 2.35. The van der Waals surface area contributed by atoms with E-state index in [9.17, 15) is 14.4 Å². The third-order valence-electron chi connectivity index (χ3n) is 5.60. The summed E-state index contributed by atoms with van der Waals surface area (Å²) in [6, 6.07) is 14.5. The van der Waals surface area contributed by atoms with E-state index in [0.29, 0.717) is 17.3 Å². The lowest BCUT2D eigenvalue weighted by Gasteiger charge is -2.34. The maximum absolute atomic E-state index is 13.2. The minimum absolute atomic E-state index is 0.105. The standard InChI is InChI=1S/C22H20N4O3S/c27-19(13-26-22(29)15-8-2-1-7-14(15)20(28)24-26)25-12-6-5-10-17(25)21-23-16-9-3-4-11-18(16)30-21/h1-4,7-9,11,17H,5-6,10,12-13H2,(H,24,28)/t17-/m0/s1. The number of hydrogen-bond acceptors (Lipinski definition) is 5. The van der Waals surface area contributed by atoms with E-state index in [1.807, 2.05) is 24.3 Å². The quantitative estimate of drug-likeness (QED) is 0.552. The largest absolute Gasteiger partial charge is 0.332 e. The third kappa shape index (κ3) is 3.23. The fourth-order valence-electron chi connectivity index (χ4n) is 4.10. The second kappa shape index (κ2) is 7.53. The monoisotopic (exact) mass is 420 g/mol. The number of rotatable bonds is 3. The Hall–Kier alpha value is -3.26. The highest BCUT2D eigenvalue weighted by atomic mass is 32.1. The molecule has 0 bridgehead atoms. The minimum Gasteiger partial charge on any atom is -0.332 e. The van der Waals surface area contributed by atoms with Gasteiger partial charge in [-0.1, -0.05) is 24.3 Å². The van der Waals surface area contributed by atoms with Crippen molar-refractivity contribution >= 4 is 38.2 Å². The van der Waals surface area contributed by atoms with E-state index < -0.39 is 0 Å². The van der Waals surface area contributed by atoms with Gasteiger partial charge in [-0.2, -0.15) is 0 Å². The molecule has 1 amide bonds. The molecule has 0 radical (unpaired) electrons. The summed E-state index contributed by atoms with van der Waals surface area (Å²) in [6.45, 7) is 0.423.